The van der Waals surface area contributed by atoms with Crippen LogP contribution in [0.4, 0.5) is 26.3 Å². The van der Waals surface area contributed by atoms with Crippen molar-refractivity contribution in [2.75, 3.05) is 0 Å². The van der Waals surface area contributed by atoms with Crippen LogP contribution in [0.1, 0.15) is 30.5 Å². The fourth-order valence-electron chi connectivity index (χ4n) is 1.90. The summed E-state index contributed by atoms with van der Waals surface area (Å²) >= 11 is 0. The fourth-order valence-corrected chi connectivity index (χ4v) is 1.90. The van der Waals surface area contributed by atoms with Gasteiger partial charge in [0.2, 0.25) is 5.91 Å². The van der Waals surface area contributed by atoms with Crippen LogP contribution in [0.15, 0.2) is 48.1 Å². The molecule has 0 unspecified atom stereocenters. The van der Waals surface area contributed by atoms with E-state index in [1.54, 1.807) is 6.92 Å². The Morgan fingerprint density at radius 1 is 0.960 bits per heavy atom. The molecule has 0 fully saturated rings. The van der Waals surface area contributed by atoms with Gasteiger partial charge in [0.25, 0.3) is 0 Å². The van der Waals surface area contributed by atoms with Gasteiger partial charge in [0.1, 0.15) is 0 Å². The summed E-state index contributed by atoms with van der Waals surface area (Å²) in [4.78, 5) is 10.7. The number of hydrogen-bond acceptors (Lipinski definition) is 1. The second-order valence-corrected chi connectivity index (χ2v) is 5.29. The molecule has 1 aromatic carbocycles. The molecule has 0 spiro atoms. The predicted octanol–water partition coefficient (Wildman–Crippen LogP) is 5.12. The van der Waals surface area contributed by atoms with Crippen LogP contribution >= 0.6 is 0 Å². The van der Waals surface area contributed by atoms with Crippen LogP contribution in [0.3, 0.4) is 0 Å². The van der Waals surface area contributed by atoms with E-state index in [4.69, 9.17) is 5.73 Å². The summed E-state index contributed by atoms with van der Waals surface area (Å²) < 4.78 is 77.0. The molecule has 0 atom stereocenters. The molecule has 2 N–H and O–H groups in total. The lowest BCUT2D eigenvalue weighted by Gasteiger charge is -2.14. The van der Waals surface area contributed by atoms with Crippen molar-refractivity contribution in [2.45, 2.75) is 26.2 Å². The van der Waals surface area contributed by atoms with Crippen molar-refractivity contribution in [3.05, 3.63) is 64.8 Å². The second kappa shape index (κ2) is 7.58. The summed E-state index contributed by atoms with van der Waals surface area (Å²) in [5, 5.41) is 0. The van der Waals surface area contributed by atoms with Gasteiger partial charge >= 0.3 is 12.4 Å². The molecule has 0 aromatic heterocycles. The SMILES string of the molecule is C/C(=C/C=C/C(C)=C/C(N)=O)c1cc(C(F)(F)F)cc(C(F)(F)F)c1. The Balaban J connectivity index is 3.29. The molecule has 136 valence electrons. The van der Waals surface area contributed by atoms with E-state index >= 15 is 0 Å². The van der Waals surface area contributed by atoms with E-state index < -0.39 is 29.4 Å². The molecule has 0 saturated heterocycles. The molecule has 0 radical (unpaired) electrons. The molecule has 0 saturated carbocycles. The normalized spacial score (nSPS) is 14.2. The standard InChI is InChI=1S/C17H15F6NO/c1-10(6-15(24)25)4-3-5-11(2)12-7-13(16(18,19)20)9-14(8-12)17(21,22)23/h3-9H,1-2H3,(H2,24,25)/b4-3+,10-6+,11-5-. The number of benzene rings is 1. The van der Waals surface area contributed by atoms with Gasteiger partial charge in [0.05, 0.1) is 11.1 Å². The Hall–Kier alpha value is -2.51. The van der Waals surface area contributed by atoms with Crippen molar-refractivity contribution in [3.8, 4) is 0 Å². The largest absolute Gasteiger partial charge is 0.416 e. The van der Waals surface area contributed by atoms with Crippen molar-refractivity contribution in [1.82, 2.24) is 0 Å². The van der Waals surface area contributed by atoms with Gasteiger partial charge in [-0.15, -0.1) is 0 Å². The van der Waals surface area contributed by atoms with Gasteiger partial charge in [-0.3, -0.25) is 4.79 Å². The summed E-state index contributed by atoms with van der Waals surface area (Å²) in [6, 6.07) is 1.38. The first kappa shape index (κ1) is 20.5. The fraction of sp³-hybridized carbons (Fsp3) is 0.235. The number of amides is 1. The minimum absolute atomic E-state index is 0.0758. The monoisotopic (exact) mass is 363 g/mol. The zero-order valence-electron chi connectivity index (χ0n) is 13.3. The molecule has 0 aliphatic heterocycles. The highest BCUT2D eigenvalue weighted by Crippen LogP contribution is 2.37. The smallest absolute Gasteiger partial charge is 0.366 e. The molecule has 8 heteroatoms. The maximum atomic E-state index is 12.8. The van der Waals surface area contributed by atoms with Crippen molar-refractivity contribution < 1.29 is 31.1 Å². The van der Waals surface area contributed by atoms with E-state index in [0.29, 0.717) is 17.7 Å². The number of carbonyl (C=O) groups is 1. The minimum Gasteiger partial charge on any atom is -0.366 e. The van der Waals surface area contributed by atoms with Gasteiger partial charge in [-0.25, -0.2) is 0 Å². The van der Waals surface area contributed by atoms with Crippen molar-refractivity contribution >= 4 is 11.5 Å². The van der Waals surface area contributed by atoms with Crippen LogP contribution in [0.2, 0.25) is 0 Å². The van der Waals surface area contributed by atoms with Gasteiger partial charge in [0.15, 0.2) is 0 Å². The molecule has 1 aromatic rings. The van der Waals surface area contributed by atoms with Crippen LogP contribution < -0.4 is 5.73 Å². The topological polar surface area (TPSA) is 43.1 Å². The van der Waals surface area contributed by atoms with E-state index in [2.05, 4.69) is 0 Å². The number of rotatable bonds is 4. The lowest BCUT2D eigenvalue weighted by molar-refractivity contribution is -0.143. The molecule has 0 aliphatic carbocycles. The van der Waals surface area contributed by atoms with Crippen molar-refractivity contribution in [3.63, 3.8) is 0 Å². The van der Waals surface area contributed by atoms with Crippen LogP contribution in [-0.2, 0) is 17.1 Å². The maximum Gasteiger partial charge on any atom is 0.416 e. The highest BCUT2D eigenvalue weighted by molar-refractivity contribution is 5.86. The van der Waals surface area contributed by atoms with Gasteiger partial charge in [-0.2, -0.15) is 26.3 Å². The first-order valence-corrected chi connectivity index (χ1v) is 6.93. The first-order chi connectivity index (χ1) is 11.3. The van der Waals surface area contributed by atoms with Crippen LogP contribution in [0, 0.1) is 0 Å². The summed E-state index contributed by atoms with van der Waals surface area (Å²) in [5.41, 5.74) is 2.67. The molecular formula is C17H15F6NO. The third kappa shape index (κ3) is 6.48. The molecule has 2 nitrogen and oxygen atoms in total. The first-order valence-electron chi connectivity index (χ1n) is 6.93. The average Bonchev–Trinajstić information content (AvgIpc) is 2.44. The Morgan fingerprint density at radius 2 is 1.44 bits per heavy atom. The van der Waals surface area contributed by atoms with Crippen molar-refractivity contribution in [1.29, 1.82) is 0 Å². The lowest BCUT2D eigenvalue weighted by Crippen LogP contribution is -2.11. The third-order valence-electron chi connectivity index (χ3n) is 3.12. The Labute approximate surface area is 140 Å². The van der Waals surface area contributed by atoms with E-state index in [1.807, 2.05) is 0 Å². The van der Waals surface area contributed by atoms with Gasteiger partial charge in [0, 0.05) is 6.08 Å². The molecule has 0 heterocycles. The maximum absolute atomic E-state index is 12.8. The zero-order chi connectivity index (χ0) is 19.4. The number of carbonyl (C=O) groups excluding carboxylic acids is 1. The average molecular weight is 363 g/mol. The van der Waals surface area contributed by atoms with Crippen LogP contribution in [0.25, 0.3) is 5.57 Å². The summed E-state index contributed by atoms with van der Waals surface area (Å²) in [6.45, 7) is 2.95. The Kier molecular flexibility index (Phi) is 6.23. The quantitative estimate of drug-likeness (QED) is 0.451. The number of hydrogen-bond donors (Lipinski definition) is 1. The number of primary amides is 1. The molecule has 1 rings (SSSR count). The highest BCUT2D eigenvalue weighted by Gasteiger charge is 2.36. The predicted molar refractivity (Wildman–Crippen MR) is 82.2 cm³/mol. The van der Waals surface area contributed by atoms with Crippen LogP contribution in [0.5, 0.6) is 0 Å². The Morgan fingerprint density at radius 3 is 1.84 bits per heavy atom. The van der Waals surface area contributed by atoms with E-state index in [9.17, 15) is 31.1 Å². The zero-order valence-corrected chi connectivity index (χ0v) is 13.3. The summed E-state index contributed by atoms with van der Waals surface area (Å²) in [5.74, 6) is -0.671. The molecule has 0 bridgehead atoms. The van der Waals surface area contributed by atoms with Gasteiger partial charge in [-0.1, -0.05) is 18.2 Å². The number of alkyl halides is 6. The van der Waals surface area contributed by atoms with E-state index in [-0.39, 0.29) is 17.2 Å². The summed E-state index contributed by atoms with van der Waals surface area (Å²) in [6.07, 6.45) is -4.47. The van der Waals surface area contributed by atoms with E-state index in [1.165, 1.54) is 25.2 Å². The second-order valence-electron chi connectivity index (χ2n) is 5.29. The number of halogens is 6. The van der Waals surface area contributed by atoms with Crippen LogP contribution in [-0.4, -0.2) is 5.91 Å². The number of nitrogens with two attached hydrogens (primary N) is 1. The van der Waals surface area contributed by atoms with Crippen molar-refractivity contribution in [2.24, 2.45) is 5.73 Å². The summed E-state index contributed by atoms with van der Waals surface area (Å²) in [7, 11) is 0. The molecular weight excluding hydrogens is 348 g/mol. The molecule has 0 aliphatic rings. The molecule has 1 amide bonds. The van der Waals surface area contributed by atoms with E-state index in [0.717, 1.165) is 6.08 Å². The highest BCUT2D eigenvalue weighted by atomic mass is 19.4. The number of allylic oxidation sites excluding steroid dienone is 5. The lowest BCUT2D eigenvalue weighted by atomic mass is 9.99. The third-order valence-corrected chi connectivity index (χ3v) is 3.12. The van der Waals surface area contributed by atoms with Gasteiger partial charge < -0.3 is 5.73 Å². The molecule has 25 heavy (non-hydrogen) atoms. The Bertz CT molecular complexity index is 706. The minimum atomic E-state index is -4.90. The van der Waals surface area contributed by atoms with Gasteiger partial charge in [-0.05, 0) is 48.8 Å².